The Morgan fingerprint density at radius 3 is 2.63 bits per heavy atom. The first kappa shape index (κ1) is 16.4. The van der Waals surface area contributed by atoms with E-state index < -0.39 is 0 Å². The topological polar surface area (TPSA) is 41.6 Å². The fraction of sp³-hybridized carbons (Fsp3) is 0.933. The van der Waals surface area contributed by atoms with E-state index in [0.29, 0.717) is 6.61 Å². The second-order valence-electron chi connectivity index (χ2n) is 5.57. The second-order valence-corrected chi connectivity index (χ2v) is 5.57. The summed E-state index contributed by atoms with van der Waals surface area (Å²) in [4.78, 5) is 14.3. The number of hydrogen-bond donors (Lipinski definition) is 1. The third-order valence-electron chi connectivity index (χ3n) is 3.82. The number of hydrogen-bond acceptors (Lipinski definition) is 4. The summed E-state index contributed by atoms with van der Waals surface area (Å²) in [6, 6.07) is -0.140. The van der Waals surface area contributed by atoms with Crippen LogP contribution in [0.5, 0.6) is 0 Å². The van der Waals surface area contributed by atoms with Gasteiger partial charge in [0.15, 0.2) is 0 Å². The monoisotopic (exact) mass is 270 g/mol. The molecule has 112 valence electrons. The van der Waals surface area contributed by atoms with E-state index in [9.17, 15) is 4.79 Å². The lowest BCUT2D eigenvalue weighted by molar-refractivity contribution is -0.146. The van der Waals surface area contributed by atoms with Gasteiger partial charge in [-0.25, -0.2) is 0 Å². The van der Waals surface area contributed by atoms with E-state index in [1.807, 2.05) is 6.92 Å². The molecule has 0 aromatic carbocycles. The molecule has 19 heavy (non-hydrogen) atoms. The van der Waals surface area contributed by atoms with Crippen LogP contribution >= 0.6 is 0 Å². The smallest absolute Gasteiger partial charge is 0.323 e. The van der Waals surface area contributed by atoms with Crippen LogP contribution < -0.4 is 5.32 Å². The van der Waals surface area contributed by atoms with Crippen LogP contribution in [0.15, 0.2) is 0 Å². The normalized spacial score (nSPS) is 19.3. The van der Waals surface area contributed by atoms with Crippen LogP contribution in [0.3, 0.4) is 0 Å². The molecule has 1 aliphatic rings. The molecule has 0 saturated carbocycles. The third kappa shape index (κ3) is 6.39. The maximum atomic E-state index is 11.9. The highest BCUT2D eigenvalue weighted by molar-refractivity contribution is 5.75. The predicted octanol–water partition coefficient (Wildman–Crippen LogP) is 2.04. The van der Waals surface area contributed by atoms with Gasteiger partial charge < -0.3 is 15.0 Å². The Balaban J connectivity index is 2.32. The maximum absolute atomic E-state index is 11.9. The van der Waals surface area contributed by atoms with Crippen molar-refractivity contribution in [3.05, 3.63) is 0 Å². The molecule has 0 spiro atoms. The molecule has 4 nitrogen and oxygen atoms in total. The minimum Gasteiger partial charge on any atom is -0.465 e. The van der Waals surface area contributed by atoms with Gasteiger partial charge in [0.1, 0.15) is 6.04 Å². The lowest BCUT2D eigenvalue weighted by Crippen LogP contribution is -2.42. The standard InChI is InChI=1S/C15H30N2O2/c1-4-9-16-14(15(18)19-5-2)8-12-17-10-6-13(3)7-11-17/h13-14,16H,4-12H2,1-3H3. The first-order valence-corrected chi connectivity index (χ1v) is 7.79. The zero-order chi connectivity index (χ0) is 14.1. The van der Waals surface area contributed by atoms with Crippen LogP contribution in [0.4, 0.5) is 0 Å². The van der Waals surface area contributed by atoms with Crippen molar-refractivity contribution in [1.29, 1.82) is 0 Å². The minimum atomic E-state index is -0.140. The van der Waals surface area contributed by atoms with Crippen molar-refractivity contribution in [2.75, 3.05) is 32.8 Å². The van der Waals surface area contributed by atoms with Gasteiger partial charge in [0.2, 0.25) is 0 Å². The maximum Gasteiger partial charge on any atom is 0.323 e. The molecule has 1 atom stereocenters. The van der Waals surface area contributed by atoms with Gasteiger partial charge >= 0.3 is 5.97 Å². The summed E-state index contributed by atoms with van der Waals surface area (Å²) in [5.74, 6) is 0.761. The number of carbonyl (C=O) groups is 1. The summed E-state index contributed by atoms with van der Waals surface area (Å²) in [6.45, 7) is 11.0. The first-order valence-electron chi connectivity index (χ1n) is 7.79. The number of esters is 1. The lowest BCUT2D eigenvalue weighted by Gasteiger charge is -2.31. The summed E-state index contributed by atoms with van der Waals surface area (Å²) >= 11 is 0. The zero-order valence-electron chi connectivity index (χ0n) is 12.8. The molecule has 4 heteroatoms. The number of nitrogens with one attached hydrogen (secondary N) is 1. The van der Waals surface area contributed by atoms with Crippen LogP contribution in [0.25, 0.3) is 0 Å². The van der Waals surface area contributed by atoms with Crippen LogP contribution in [-0.2, 0) is 9.53 Å². The zero-order valence-corrected chi connectivity index (χ0v) is 12.8. The van der Waals surface area contributed by atoms with Crippen LogP contribution in [0, 0.1) is 5.92 Å². The molecule has 0 aromatic heterocycles. The molecule has 1 heterocycles. The number of rotatable bonds is 8. The van der Waals surface area contributed by atoms with Crippen molar-refractivity contribution < 1.29 is 9.53 Å². The van der Waals surface area contributed by atoms with Crippen LogP contribution in [0.1, 0.15) is 46.5 Å². The molecular formula is C15H30N2O2. The van der Waals surface area contributed by atoms with Gasteiger partial charge in [-0.2, -0.15) is 0 Å². The van der Waals surface area contributed by atoms with Gasteiger partial charge in [0.05, 0.1) is 6.61 Å². The highest BCUT2D eigenvalue weighted by Crippen LogP contribution is 2.16. The van der Waals surface area contributed by atoms with Gasteiger partial charge in [0.25, 0.3) is 0 Å². The third-order valence-corrected chi connectivity index (χ3v) is 3.82. The quantitative estimate of drug-likeness (QED) is 0.685. The molecule has 1 N–H and O–H groups in total. The van der Waals surface area contributed by atoms with Crippen LogP contribution in [-0.4, -0.2) is 49.7 Å². The summed E-state index contributed by atoms with van der Waals surface area (Å²) in [5, 5.41) is 3.30. The molecule has 1 unspecified atom stereocenters. The molecule has 0 amide bonds. The average Bonchev–Trinajstić information content (AvgIpc) is 2.41. The number of piperidine rings is 1. The highest BCUT2D eigenvalue weighted by Gasteiger charge is 2.21. The Bertz CT molecular complexity index is 251. The van der Waals surface area contributed by atoms with E-state index in [1.54, 1.807) is 0 Å². The molecule has 0 aliphatic carbocycles. The Labute approximate surface area is 117 Å². The molecule has 0 aromatic rings. The molecule has 1 rings (SSSR count). The van der Waals surface area contributed by atoms with Crippen LogP contribution in [0.2, 0.25) is 0 Å². The van der Waals surface area contributed by atoms with E-state index in [2.05, 4.69) is 24.1 Å². The van der Waals surface area contributed by atoms with Gasteiger partial charge in [-0.1, -0.05) is 13.8 Å². The van der Waals surface area contributed by atoms with Gasteiger partial charge in [-0.05, 0) is 58.2 Å². The van der Waals surface area contributed by atoms with Crippen molar-refractivity contribution >= 4 is 5.97 Å². The SMILES string of the molecule is CCCNC(CCN1CCC(C)CC1)C(=O)OCC. The number of ether oxygens (including phenoxy) is 1. The van der Waals surface area contributed by atoms with Gasteiger partial charge in [-0.3, -0.25) is 4.79 Å². The summed E-state index contributed by atoms with van der Waals surface area (Å²) < 4.78 is 5.14. The van der Waals surface area contributed by atoms with Crippen molar-refractivity contribution in [3.63, 3.8) is 0 Å². The molecule has 1 saturated heterocycles. The molecule has 1 fully saturated rings. The molecule has 0 radical (unpaired) electrons. The van der Waals surface area contributed by atoms with E-state index in [-0.39, 0.29) is 12.0 Å². The van der Waals surface area contributed by atoms with Crippen molar-refractivity contribution in [1.82, 2.24) is 10.2 Å². The summed E-state index contributed by atoms with van der Waals surface area (Å²) in [5.41, 5.74) is 0. The number of carbonyl (C=O) groups excluding carboxylic acids is 1. The Hall–Kier alpha value is -0.610. The summed E-state index contributed by atoms with van der Waals surface area (Å²) in [6.07, 6.45) is 4.46. The minimum absolute atomic E-state index is 0.0960. The first-order chi connectivity index (χ1) is 9.17. The lowest BCUT2D eigenvalue weighted by atomic mass is 9.99. The predicted molar refractivity (Wildman–Crippen MR) is 78.2 cm³/mol. The van der Waals surface area contributed by atoms with E-state index in [4.69, 9.17) is 4.74 Å². The van der Waals surface area contributed by atoms with Crippen molar-refractivity contribution in [3.8, 4) is 0 Å². The Morgan fingerprint density at radius 2 is 2.05 bits per heavy atom. The molecule has 1 aliphatic heterocycles. The van der Waals surface area contributed by atoms with E-state index in [0.717, 1.165) is 31.8 Å². The van der Waals surface area contributed by atoms with Gasteiger partial charge in [-0.15, -0.1) is 0 Å². The van der Waals surface area contributed by atoms with E-state index >= 15 is 0 Å². The highest BCUT2D eigenvalue weighted by atomic mass is 16.5. The fourth-order valence-corrected chi connectivity index (χ4v) is 2.46. The average molecular weight is 270 g/mol. The Kier molecular flexibility index (Phi) is 8.07. The largest absolute Gasteiger partial charge is 0.465 e. The number of likely N-dealkylation sites (tertiary alicyclic amines) is 1. The van der Waals surface area contributed by atoms with E-state index in [1.165, 1.54) is 25.9 Å². The van der Waals surface area contributed by atoms with Crippen molar-refractivity contribution in [2.24, 2.45) is 5.92 Å². The van der Waals surface area contributed by atoms with Gasteiger partial charge in [0, 0.05) is 6.54 Å². The fourth-order valence-electron chi connectivity index (χ4n) is 2.46. The molecular weight excluding hydrogens is 240 g/mol. The van der Waals surface area contributed by atoms with Crippen molar-refractivity contribution in [2.45, 2.75) is 52.5 Å². The number of nitrogens with zero attached hydrogens (tertiary/aromatic N) is 1. The summed E-state index contributed by atoms with van der Waals surface area (Å²) in [7, 11) is 0. The second kappa shape index (κ2) is 9.32. The Morgan fingerprint density at radius 1 is 1.37 bits per heavy atom. The molecule has 0 bridgehead atoms.